The summed E-state index contributed by atoms with van der Waals surface area (Å²) in [5.41, 5.74) is 0.917. The Balaban J connectivity index is 2.58. The molecule has 0 saturated heterocycles. The van der Waals surface area contributed by atoms with E-state index in [2.05, 4.69) is 11.6 Å². The Hall–Kier alpha value is 0.0700. The first kappa shape index (κ1) is 15.1. The van der Waals surface area contributed by atoms with Crippen LogP contribution in [0, 0.1) is 0 Å². The first-order valence-corrected chi connectivity index (χ1v) is 7.60. The molecule has 2 N–H and O–H groups in total. The average molecular weight is 294 g/mol. The van der Waals surface area contributed by atoms with E-state index in [-0.39, 0.29) is 12.6 Å². The van der Waals surface area contributed by atoms with Crippen LogP contribution in [0.3, 0.4) is 0 Å². The molecular formula is C12H17Cl2NOS. The van der Waals surface area contributed by atoms with Crippen molar-refractivity contribution in [2.75, 3.05) is 18.6 Å². The van der Waals surface area contributed by atoms with E-state index in [4.69, 9.17) is 28.3 Å². The molecule has 0 aromatic heterocycles. The lowest BCUT2D eigenvalue weighted by Gasteiger charge is -2.17. The molecule has 5 heteroatoms. The molecule has 0 spiro atoms. The number of hydrogen-bond donors (Lipinski definition) is 2. The SMILES string of the molecule is CSCC(CCO)NCc1c(Cl)cccc1Cl. The minimum Gasteiger partial charge on any atom is -0.396 e. The number of halogens is 2. The third kappa shape index (κ3) is 5.06. The molecule has 1 atom stereocenters. The van der Waals surface area contributed by atoms with Crippen molar-refractivity contribution in [2.24, 2.45) is 0 Å². The summed E-state index contributed by atoms with van der Waals surface area (Å²) in [4.78, 5) is 0. The molecule has 0 aliphatic rings. The van der Waals surface area contributed by atoms with Gasteiger partial charge in [0.05, 0.1) is 0 Å². The molecule has 1 rings (SSSR count). The maximum Gasteiger partial charge on any atom is 0.0465 e. The van der Waals surface area contributed by atoms with Crippen molar-refractivity contribution in [1.29, 1.82) is 0 Å². The van der Waals surface area contributed by atoms with Gasteiger partial charge < -0.3 is 10.4 Å². The lowest BCUT2D eigenvalue weighted by Crippen LogP contribution is -2.32. The topological polar surface area (TPSA) is 32.3 Å². The van der Waals surface area contributed by atoms with E-state index in [1.165, 1.54) is 0 Å². The van der Waals surface area contributed by atoms with Gasteiger partial charge in [-0.2, -0.15) is 11.8 Å². The van der Waals surface area contributed by atoms with Crippen LogP contribution in [0.4, 0.5) is 0 Å². The molecule has 0 bridgehead atoms. The van der Waals surface area contributed by atoms with E-state index in [1.54, 1.807) is 11.8 Å². The Morgan fingerprint density at radius 1 is 1.35 bits per heavy atom. The Morgan fingerprint density at radius 2 is 2.00 bits per heavy atom. The Bertz CT molecular complexity index is 323. The maximum atomic E-state index is 8.97. The van der Waals surface area contributed by atoms with Gasteiger partial charge in [-0.15, -0.1) is 0 Å². The predicted octanol–water partition coefficient (Wildman–Crippen LogP) is 3.20. The number of aliphatic hydroxyl groups excluding tert-OH is 1. The third-order valence-electron chi connectivity index (χ3n) is 2.47. The van der Waals surface area contributed by atoms with Crippen molar-refractivity contribution in [3.63, 3.8) is 0 Å². The number of rotatable bonds is 7. The summed E-state index contributed by atoms with van der Waals surface area (Å²) in [5, 5.41) is 13.7. The van der Waals surface area contributed by atoms with Crippen LogP contribution in [0.5, 0.6) is 0 Å². The summed E-state index contributed by atoms with van der Waals surface area (Å²) in [6.07, 6.45) is 2.79. The van der Waals surface area contributed by atoms with Crippen LogP contribution in [0.25, 0.3) is 0 Å². The molecule has 0 aliphatic heterocycles. The number of hydrogen-bond acceptors (Lipinski definition) is 3. The van der Waals surface area contributed by atoms with Gasteiger partial charge >= 0.3 is 0 Å². The van der Waals surface area contributed by atoms with Crippen LogP contribution < -0.4 is 5.32 Å². The monoisotopic (exact) mass is 293 g/mol. The summed E-state index contributed by atoms with van der Waals surface area (Å²) < 4.78 is 0. The summed E-state index contributed by atoms with van der Waals surface area (Å²) in [6.45, 7) is 0.818. The summed E-state index contributed by atoms with van der Waals surface area (Å²) >= 11 is 13.9. The molecule has 0 heterocycles. The average Bonchev–Trinajstić information content (AvgIpc) is 2.29. The van der Waals surface area contributed by atoms with Crippen LogP contribution >= 0.6 is 35.0 Å². The van der Waals surface area contributed by atoms with Gasteiger partial charge in [-0.1, -0.05) is 29.3 Å². The molecule has 0 radical (unpaired) electrons. The van der Waals surface area contributed by atoms with Gasteiger partial charge in [0, 0.05) is 40.6 Å². The van der Waals surface area contributed by atoms with Crippen LogP contribution in [0.15, 0.2) is 18.2 Å². The zero-order chi connectivity index (χ0) is 12.7. The summed E-state index contributed by atoms with van der Waals surface area (Å²) in [6, 6.07) is 5.78. The van der Waals surface area contributed by atoms with Gasteiger partial charge in [-0.05, 0) is 24.8 Å². The van der Waals surface area contributed by atoms with Gasteiger partial charge in [-0.25, -0.2) is 0 Å². The standard InChI is InChI=1S/C12H17Cl2NOS/c1-17-8-9(5-6-16)15-7-10-11(13)3-2-4-12(10)14/h2-4,9,15-16H,5-8H2,1H3. The summed E-state index contributed by atoms with van der Waals surface area (Å²) in [5.74, 6) is 0.961. The maximum absolute atomic E-state index is 8.97. The van der Waals surface area contributed by atoms with Crippen molar-refractivity contribution in [3.8, 4) is 0 Å². The van der Waals surface area contributed by atoms with E-state index in [1.807, 2.05) is 18.2 Å². The summed E-state index contributed by atoms with van der Waals surface area (Å²) in [7, 11) is 0. The largest absolute Gasteiger partial charge is 0.396 e. The molecular weight excluding hydrogens is 277 g/mol. The highest BCUT2D eigenvalue weighted by Gasteiger charge is 2.10. The van der Waals surface area contributed by atoms with Crippen LogP contribution in [0.2, 0.25) is 10.0 Å². The quantitative estimate of drug-likeness (QED) is 0.810. The number of benzene rings is 1. The normalized spacial score (nSPS) is 12.7. The van der Waals surface area contributed by atoms with Crippen LogP contribution in [0.1, 0.15) is 12.0 Å². The fraction of sp³-hybridized carbons (Fsp3) is 0.500. The lowest BCUT2D eigenvalue weighted by atomic mass is 10.2. The van der Waals surface area contributed by atoms with Crippen molar-refractivity contribution < 1.29 is 5.11 Å². The molecule has 1 aromatic carbocycles. The van der Waals surface area contributed by atoms with Gasteiger partial charge in [-0.3, -0.25) is 0 Å². The Kier molecular flexibility index (Phi) is 7.32. The second-order valence-corrected chi connectivity index (χ2v) is 5.47. The molecule has 2 nitrogen and oxygen atoms in total. The highest BCUT2D eigenvalue weighted by Crippen LogP contribution is 2.24. The smallest absolute Gasteiger partial charge is 0.0465 e. The van der Waals surface area contributed by atoms with Crippen molar-refractivity contribution in [2.45, 2.75) is 19.0 Å². The second kappa shape index (κ2) is 8.22. The van der Waals surface area contributed by atoms with E-state index >= 15 is 0 Å². The third-order valence-corrected chi connectivity index (χ3v) is 3.92. The lowest BCUT2D eigenvalue weighted by molar-refractivity contribution is 0.270. The minimum atomic E-state index is 0.189. The molecule has 0 fully saturated rings. The molecule has 0 amide bonds. The Morgan fingerprint density at radius 3 is 2.53 bits per heavy atom. The highest BCUT2D eigenvalue weighted by molar-refractivity contribution is 7.98. The van der Waals surface area contributed by atoms with E-state index in [9.17, 15) is 0 Å². The van der Waals surface area contributed by atoms with Crippen molar-refractivity contribution >= 4 is 35.0 Å². The van der Waals surface area contributed by atoms with E-state index < -0.39 is 0 Å². The number of thioether (sulfide) groups is 1. The van der Waals surface area contributed by atoms with Crippen LogP contribution in [-0.2, 0) is 6.54 Å². The van der Waals surface area contributed by atoms with Crippen molar-refractivity contribution in [3.05, 3.63) is 33.8 Å². The van der Waals surface area contributed by atoms with Crippen molar-refractivity contribution in [1.82, 2.24) is 5.32 Å². The van der Waals surface area contributed by atoms with Gasteiger partial charge in [0.15, 0.2) is 0 Å². The molecule has 1 aromatic rings. The van der Waals surface area contributed by atoms with Crippen LogP contribution in [-0.4, -0.2) is 29.8 Å². The van der Waals surface area contributed by atoms with Gasteiger partial charge in [0.25, 0.3) is 0 Å². The number of nitrogens with one attached hydrogen (secondary N) is 1. The Labute approximate surface area is 117 Å². The fourth-order valence-electron chi connectivity index (χ4n) is 1.55. The first-order chi connectivity index (χ1) is 8.19. The number of aliphatic hydroxyl groups is 1. The molecule has 0 aliphatic carbocycles. The van der Waals surface area contributed by atoms with Gasteiger partial charge in [0.2, 0.25) is 0 Å². The zero-order valence-corrected chi connectivity index (χ0v) is 12.1. The predicted molar refractivity (Wildman–Crippen MR) is 77.2 cm³/mol. The van der Waals surface area contributed by atoms with E-state index in [0.717, 1.165) is 17.7 Å². The van der Waals surface area contributed by atoms with E-state index in [0.29, 0.717) is 16.6 Å². The molecule has 17 heavy (non-hydrogen) atoms. The van der Waals surface area contributed by atoms with Gasteiger partial charge in [0.1, 0.15) is 0 Å². The molecule has 0 saturated carbocycles. The second-order valence-electron chi connectivity index (χ2n) is 3.75. The molecule has 96 valence electrons. The first-order valence-electron chi connectivity index (χ1n) is 5.45. The fourth-order valence-corrected chi connectivity index (χ4v) is 2.77. The minimum absolute atomic E-state index is 0.189. The zero-order valence-electron chi connectivity index (χ0n) is 9.75. The molecule has 1 unspecified atom stereocenters. The highest BCUT2D eigenvalue weighted by atomic mass is 35.5.